The SMILES string of the molecule is O=C(COc1ccccc1F)N1CCCC(Oc2ccncc2)C1. The van der Waals surface area contributed by atoms with E-state index in [0.29, 0.717) is 13.1 Å². The molecule has 0 radical (unpaired) electrons. The maximum atomic E-state index is 13.5. The Morgan fingerprint density at radius 2 is 2.04 bits per heavy atom. The van der Waals surface area contributed by atoms with Gasteiger partial charge in [0.2, 0.25) is 0 Å². The monoisotopic (exact) mass is 330 g/mol. The maximum Gasteiger partial charge on any atom is 0.260 e. The highest BCUT2D eigenvalue weighted by atomic mass is 19.1. The second kappa shape index (κ2) is 7.77. The number of hydrogen-bond donors (Lipinski definition) is 0. The standard InChI is InChI=1S/C18H19FN2O3/c19-16-5-1-2-6-17(16)23-13-18(22)21-11-3-4-15(12-21)24-14-7-9-20-10-8-14/h1-2,5-10,15H,3-4,11-13H2. The van der Waals surface area contributed by atoms with Crippen molar-refractivity contribution in [1.82, 2.24) is 9.88 Å². The fourth-order valence-corrected chi connectivity index (χ4v) is 2.66. The van der Waals surface area contributed by atoms with Crippen LogP contribution < -0.4 is 9.47 Å². The van der Waals surface area contributed by atoms with Crippen LogP contribution in [0, 0.1) is 5.82 Å². The average molecular weight is 330 g/mol. The normalized spacial score (nSPS) is 17.4. The summed E-state index contributed by atoms with van der Waals surface area (Å²) in [7, 11) is 0. The number of rotatable bonds is 5. The second-order valence-electron chi connectivity index (χ2n) is 5.62. The van der Waals surface area contributed by atoms with Gasteiger partial charge < -0.3 is 14.4 Å². The first-order chi connectivity index (χ1) is 11.7. The van der Waals surface area contributed by atoms with Crippen molar-refractivity contribution in [2.45, 2.75) is 18.9 Å². The van der Waals surface area contributed by atoms with Crippen molar-refractivity contribution in [2.75, 3.05) is 19.7 Å². The predicted octanol–water partition coefficient (Wildman–Crippen LogP) is 2.67. The Balaban J connectivity index is 1.52. The Kier molecular flexibility index (Phi) is 5.25. The first-order valence-electron chi connectivity index (χ1n) is 7.94. The molecule has 0 N–H and O–H groups in total. The van der Waals surface area contributed by atoms with Gasteiger partial charge in [0.05, 0.1) is 6.54 Å². The summed E-state index contributed by atoms with van der Waals surface area (Å²) in [5.41, 5.74) is 0. The molecule has 1 amide bonds. The van der Waals surface area contributed by atoms with E-state index < -0.39 is 5.82 Å². The fraction of sp³-hybridized carbons (Fsp3) is 0.333. The molecule has 1 aromatic heterocycles. The van der Waals surface area contributed by atoms with E-state index in [0.717, 1.165) is 18.6 Å². The summed E-state index contributed by atoms with van der Waals surface area (Å²) in [4.78, 5) is 17.9. The van der Waals surface area contributed by atoms with Crippen molar-refractivity contribution in [1.29, 1.82) is 0 Å². The molecule has 1 atom stereocenters. The minimum atomic E-state index is -0.470. The number of hydrogen-bond acceptors (Lipinski definition) is 4. The number of amides is 1. The molecule has 0 spiro atoms. The van der Waals surface area contributed by atoms with E-state index in [1.165, 1.54) is 12.1 Å². The van der Waals surface area contributed by atoms with Gasteiger partial charge in [-0.2, -0.15) is 0 Å². The van der Waals surface area contributed by atoms with E-state index in [-0.39, 0.29) is 24.4 Å². The number of nitrogens with zero attached hydrogens (tertiary/aromatic N) is 2. The van der Waals surface area contributed by atoms with Crippen molar-refractivity contribution in [3.63, 3.8) is 0 Å². The summed E-state index contributed by atoms with van der Waals surface area (Å²) in [5, 5.41) is 0. The minimum Gasteiger partial charge on any atom is -0.488 e. The van der Waals surface area contributed by atoms with Crippen LogP contribution in [-0.2, 0) is 4.79 Å². The van der Waals surface area contributed by atoms with Crippen molar-refractivity contribution >= 4 is 5.91 Å². The highest BCUT2D eigenvalue weighted by molar-refractivity contribution is 5.77. The van der Waals surface area contributed by atoms with Crippen molar-refractivity contribution < 1.29 is 18.7 Å². The number of ether oxygens (including phenoxy) is 2. The minimum absolute atomic E-state index is 0.0569. The van der Waals surface area contributed by atoms with Gasteiger partial charge in [0.25, 0.3) is 5.91 Å². The zero-order valence-electron chi connectivity index (χ0n) is 13.2. The fourth-order valence-electron chi connectivity index (χ4n) is 2.66. The Hall–Kier alpha value is -2.63. The van der Waals surface area contributed by atoms with Crippen LogP contribution in [0.5, 0.6) is 11.5 Å². The predicted molar refractivity (Wildman–Crippen MR) is 86.4 cm³/mol. The van der Waals surface area contributed by atoms with Gasteiger partial charge in [-0.1, -0.05) is 12.1 Å². The van der Waals surface area contributed by atoms with Crippen LogP contribution in [0.4, 0.5) is 4.39 Å². The quantitative estimate of drug-likeness (QED) is 0.846. The van der Waals surface area contributed by atoms with Crippen molar-refractivity contribution in [3.8, 4) is 11.5 Å². The highest BCUT2D eigenvalue weighted by Crippen LogP contribution is 2.19. The molecule has 0 saturated carbocycles. The van der Waals surface area contributed by atoms with Crippen LogP contribution in [-0.4, -0.2) is 41.6 Å². The first kappa shape index (κ1) is 16.2. The third kappa shape index (κ3) is 4.22. The number of benzene rings is 1. The van der Waals surface area contributed by atoms with E-state index >= 15 is 0 Å². The molecule has 24 heavy (non-hydrogen) atoms. The largest absolute Gasteiger partial charge is 0.488 e. The van der Waals surface area contributed by atoms with Crippen LogP contribution in [0.2, 0.25) is 0 Å². The van der Waals surface area contributed by atoms with E-state index in [9.17, 15) is 9.18 Å². The number of para-hydroxylation sites is 1. The molecule has 3 rings (SSSR count). The van der Waals surface area contributed by atoms with E-state index in [1.54, 1.807) is 41.6 Å². The van der Waals surface area contributed by atoms with E-state index in [1.807, 2.05) is 0 Å². The second-order valence-corrected chi connectivity index (χ2v) is 5.62. The van der Waals surface area contributed by atoms with Crippen LogP contribution in [0.25, 0.3) is 0 Å². The molecule has 1 aliphatic heterocycles. The molecule has 5 nitrogen and oxygen atoms in total. The highest BCUT2D eigenvalue weighted by Gasteiger charge is 2.25. The Morgan fingerprint density at radius 1 is 1.25 bits per heavy atom. The van der Waals surface area contributed by atoms with Gasteiger partial charge in [0, 0.05) is 18.9 Å². The smallest absolute Gasteiger partial charge is 0.260 e. The van der Waals surface area contributed by atoms with Gasteiger partial charge in [-0.3, -0.25) is 9.78 Å². The Labute approximate surface area is 140 Å². The van der Waals surface area contributed by atoms with Gasteiger partial charge >= 0.3 is 0 Å². The van der Waals surface area contributed by atoms with Gasteiger partial charge in [0.1, 0.15) is 11.9 Å². The lowest BCUT2D eigenvalue weighted by atomic mass is 10.1. The molecule has 6 heteroatoms. The Bertz CT molecular complexity index is 681. The summed E-state index contributed by atoms with van der Waals surface area (Å²) >= 11 is 0. The summed E-state index contributed by atoms with van der Waals surface area (Å²) in [5.74, 6) is 0.198. The van der Waals surface area contributed by atoms with E-state index in [4.69, 9.17) is 9.47 Å². The number of carbonyl (C=O) groups excluding carboxylic acids is 1. The van der Waals surface area contributed by atoms with Crippen LogP contribution in [0.15, 0.2) is 48.8 Å². The zero-order valence-corrected chi connectivity index (χ0v) is 13.2. The number of pyridine rings is 1. The summed E-state index contributed by atoms with van der Waals surface area (Å²) in [6.45, 7) is 0.986. The third-order valence-electron chi connectivity index (χ3n) is 3.87. The topological polar surface area (TPSA) is 51.7 Å². The summed E-state index contributed by atoms with van der Waals surface area (Å²) < 4.78 is 24.7. The number of carbonyl (C=O) groups is 1. The van der Waals surface area contributed by atoms with Gasteiger partial charge in [-0.05, 0) is 37.1 Å². The molecule has 126 valence electrons. The number of halogens is 1. The zero-order chi connectivity index (χ0) is 16.8. The van der Waals surface area contributed by atoms with Gasteiger partial charge in [-0.25, -0.2) is 4.39 Å². The molecule has 0 aliphatic carbocycles. The molecule has 1 fully saturated rings. The van der Waals surface area contributed by atoms with Crippen molar-refractivity contribution in [2.24, 2.45) is 0 Å². The number of aromatic nitrogens is 1. The first-order valence-corrected chi connectivity index (χ1v) is 7.94. The summed E-state index contributed by atoms with van der Waals surface area (Å²) in [6, 6.07) is 9.65. The third-order valence-corrected chi connectivity index (χ3v) is 3.87. The maximum absolute atomic E-state index is 13.5. The van der Waals surface area contributed by atoms with Gasteiger partial charge in [-0.15, -0.1) is 0 Å². The average Bonchev–Trinajstić information content (AvgIpc) is 2.62. The molecule has 1 aromatic carbocycles. The molecule has 1 saturated heterocycles. The molecular formula is C18H19FN2O3. The van der Waals surface area contributed by atoms with Crippen LogP contribution >= 0.6 is 0 Å². The molecule has 2 heterocycles. The summed E-state index contributed by atoms with van der Waals surface area (Å²) in [6.07, 6.45) is 5.03. The lowest BCUT2D eigenvalue weighted by Crippen LogP contribution is -2.46. The van der Waals surface area contributed by atoms with Crippen LogP contribution in [0.3, 0.4) is 0 Å². The Morgan fingerprint density at radius 3 is 2.83 bits per heavy atom. The van der Waals surface area contributed by atoms with Crippen molar-refractivity contribution in [3.05, 3.63) is 54.6 Å². The number of piperidine rings is 1. The van der Waals surface area contributed by atoms with Crippen LogP contribution in [0.1, 0.15) is 12.8 Å². The number of likely N-dealkylation sites (tertiary alicyclic amines) is 1. The lowest BCUT2D eigenvalue weighted by molar-refractivity contribution is -0.136. The molecular weight excluding hydrogens is 311 g/mol. The van der Waals surface area contributed by atoms with E-state index in [2.05, 4.69) is 4.98 Å². The molecule has 2 aromatic rings. The lowest BCUT2D eigenvalue weighted by Gasteiger charge is -2.32. The van der Waals surface area contributed by atoms with Gasteiger partial charge in [0.15, 0.2) is 18.2 Å². The molecule has 1 aliphatic rings. The molecule has 0 bridgehead atoms. The molecule has 1 unspecified atom stereocenters.